The van der Waals surface area contributed by atoms with Gasteiger partial charge in [0.05, 0.1) is 0 Å². The minimum absolute atomic E-state index is 0.362. The molecule has 3 rings (SSSR count). The first-order valence-corrected chi connectivity index (χ1v) is 7.29. The summed E-state index contributed by atoms with van der Waals surface area (Å²) in [6.07, 6.45) is 0. The maximum absolute atomic E-state index is 6.19. The van der Waals surface area contributed by atoms with E-state index < -0.39 is 0 Å². The van der Waals surface area contributed by atoms with E-state index in [0.717, 1.165) is 5.75 Å². The molecule has 1 heteroatoms. The standard InChI is InChI=1S/C20H20O/c1-15-8-12-19(13-9-15)21-20(2,3)18-11-10-16-6-4-5-7-17(16)14-18/h4-14H,1-3H3. The van der Waals surface area contributed by atoms with Gasteiger partial charge >= 0.3 is 0 Å². The molecule has 0 N–H and O–H groups in total. The highest BCUT2D eigenvalue weighted by molar-refractivity contribution is 5.83. The van der Waals surface area contributed by atoms with E-state index in [-0.39, 0.29) is 5.60 Å². The Balaban J connectivity index is 1.93. The molecule has 0 bridgehead atoms. The lowest BCUT2D eigenvalue weighted by Gasteiger charge is -2.27. The molecular weight excluding hydrogens is 256 g/mol. The third-order valence-electron chi connectivity index (χ3n) is 3.84. The molecular formula is C20H20O. The second-order valence-electron chi connectivity index (χ2n) is 5.99. The Labute approximate surface area is 126 Å². The smallest absolute Gasteiger partial charge is 0.128 e. The van der Waals surface area contributed by atoms with Crippen LogP contribution in [-0.2, 0) is 5.60 Å². The summed E-state index contributed by atoms with van der Waals surface area (Å²) in [6.45, 7) is 6.30. The van der Waals surface area contributed by atoms with E-state index in [1.54, 1.807) is 0 Å². The van der Waals surface area contributed by atoms with Gasteiger partial charge in [0.25, 0.3) is 0 Å². The average molecular weight is 276 g/mol. The van der Waals surface area contributed by atoms with Crippen LogP contribution in [0.4, 0.5) is 0 Å². The molecule has 0 amide bonds. The lowest BCUT2D eigenvalue weighted by Crippen LogP contribution is -2.25. The quantitative estimate of drug-likeness (QED) is 0.617. The number of aryl methyl sites for hydroxylation is 1. The van der Waals surface area contributed by atoms with Crippen LogP contribution in [0.15, 0.2) is 66.7 Å². The Bertz CT molecular complexity index is 754. The van der Waals surface area contributed by atoms with Gasteiger partial charge in [0, 0.05) is 0 Å². The van der Waals surface area contributed by atoms with Crippen molar-refractivity contribution in [3.8, 4) is 5.75 Å². The zero-order valence-electron chi connectivity index (χ0n) is 12.8. The summed E-state index contributed by atoms with van der Waals surface area (Å²) in [5.41, 5.74) is 2.06. The fraction of sp³-hybridized carbons (Fsp3) is 0.200. The van der Waals surface area contributed by atoms with Crippen molar-refractivity contribution in [2.75, 3.05) is 0 Å². The van der Waals surface area contributed by atoms with Crippen molar-refractivity contribution in [1.29, 1.82) is 0 Å². The van der Waals surface area contributed by atoms with Crippen molar-refractivity contribution in [1.82, 2.24) is 0 Å². The van der Waals surface area contributed by atoms with Crippen molar-refractivity contribution < 1.29 is 4.74 Å². The Morgan fingerprint density at radius 3 is 2.14 bits per heavy atom. The fourth-order valence-electron chi connectivity index (χ4n) is 2.52. The Hall–Kier alpha value is -2.28. The first-order chi connectivity index (χ1) is 10.0. The summed E-state index contributed by atoms with van der Waals surface area (Å²) in [5.74, 6) is 0.902. The molecule has 0 saturated carbocycles. The largest absolute Gasteiger partial charge is 0.483 e. The molecule has 0 unspecified atom stereocenters. The third kappa shape index (κ3) is 2.92. The highest BCUT2D eigenvalue weighted by Crippen LogP contribution is 2.30. The first kappa shape index (κ1) is 13.7. The van der Waals surface area contributed by atoms with E-state index in [1.165, 1.54) is 21.9 Å². The van der Waals surface area contributed by atoms with Crippen LogP contribution in [0.1, 0.15) is 25.0 Å². The molecule has 0 saturated heterocycles. The second-order valence-corrected chi connectivity index (χ2v) is 5.99. The topological polar surface area (TPSA) is 9.23 Å². The maximum Gasteiger partial charge on any atom is 0.128 e. The molecule has 0 spiro atoms. The summed E-state index contributed by atoms with van der Waals surface area (Å²) in [4.78, 5) is 0. The van der Waals surface area contributed by atoms with E-state index in [2.05, 4.69) is 75.4 Å². The molecule has 0 heterocycles. The molecule has 0 fully saturated rings. The average Bonchev–Trinajstić information content (AvgIpc) is 2.49. The van der Waals surface area contributed by atoms with Crippen LogP contribution in [0, 0.1) is 6.92 Å². The van der Waals surface area contributed by atoms with Gasteiger partial charge in [-0.1, -0.05) is 54.1 Å². The van der Waals surface area contributed by atoms with Crippen LogP contribution < -0.4 is 4.74 Å². The van der Waals surface area contributed by atoms with Crippen LogP contribution in [-0.4, -0.2) is 0 Å². The molecule has 0 aliphatic heterocycles. The van der Waals surface area contributed by atoms with E-state index >= 15 is 0 Å². The fourth-order valence-corrected chi connectivity index (χ4v) is 2.52. The van der Waals surface area contributed by atoms with E-state index in [0.29, 0.717) is 0 Å². The highest BCUT2D eigenvalue weighted by atomic mass is 16.5. The molecule has 106 valence electrons. The summed E-state index contributed by atoms with van der Waals surface area (Å²) in [5, 5.41) is 2.50. The number of ether oxygens (including phenoxy) is 1. The summed E-state index contributed by atoms with van der Waals surface area (Å²) < 4.78 is 6.19. The molecule has 3 aromatic carbocycles. The zero-order valence-corrected chi connectivity index (χ0v) is 12.8. The lowest BCUT2D eigenvalue weighted by molar-refractivity contribution is 0.109. The van der Waals surface area contributed by atoms with Gasteiger partial charge in [-0.15, -0.1) is 0 Å². The van der Waals surface area contributed by atoms with Gasteiger partial charge < -0.3 is 4.74 Å². The Morgan fingerprint density at radius 2 is 1.43 bits per heavy atom. The Morgan fingerprint density at radius 1 is 0.762 bits per heavy atom. The summed E-state index contributed by atoms with van der Waals surface area (Å²) in [6, 6.07) is 23.1. The van der Waals surface area contributed by atoms with Crippen LogP contribution in [0.2, 0.25) is 0 Å². The molecule has 3 aromatic rings. The van der Waals surface area contributed by atoms with E-state index in [4.69, 9.17) is 4.74 Å². The number of benzene rings is 3. The molecule has 0 aliphatic carbocycles. The molecule has 0 aromatic heterocycles. The predicted octanol–water partition coefficient (Wildman–Crippen LogP) is 5.46. The van der Waals surface area contributed by atoms with Crippen molar-refractivity contribution in [2.24, 2.45) is 0 Å². The number of rotatable bonds is 3. The highest BCUT2D eigenvalue weighted by Gasteiger charge is 2.22. The lowest BCUT2D eigenvalue weighted by atomic mass is 9.95. The number of hydrogen-bond acceptors (Lipinski definition) is 1. The second kappa shape index (κ2) is 5.25. The van der Waals surface area contributed by atoms with Crippen molar-refractivity contribution in [3.63, 3.8) is 0 Å². The van der Waals surface area contributed by atoms with Gasteiger partial charge in [0.1, 0.15) is 11.4 Å². The first-order valence-electron chi connectivity index (χ1n) is 7.29. The molecule has 0 aliphatic rings. The molecule has 21 heavy (non-hydrogen) atoms. The van der Waals surface area contributed by atoms with Gasteiger partial charge in [-0.3, -0.25) is 0 Å². The zero-order chi connectivity index (χ0) is 14.9. The minimum Gasteiger partial charge on any atom is -0.483 e. The third-order valence-corrected chi connectivity index (χ3v) is 3.84. The minimum atomic E-state index is -0.362. The Kier molecular flexibility index (Phi) is 3.42. The van der Waals surface area contributed by atoms with Crippen molar-refractivity contribution in [2.45, 2.75) is 26.4 Å². The van der Waals surface area contributed by atoms with Crippen molar-refractivity contribution in [3.05, 3.63) is 77.9 Å². The predicted molar refractivity (Wildman–Crippen MR) is 88.8 cm³/mol. The van der Waals surface area contributed by atoms with Gasteiger partial charge in [-0.2, -0.15) is 0 Å². The summed E-state index contributed by atoms with van der Waals surface area (Å²) >= 11 is 0. The van der Waals surface area contributed by atoms with E-state index in [9.17, 15) is 0 Å². The van der Waals surface area contributed by atoms with Crippen LogP contribution in [0.3, 0.4) is 0 Å². The van der Waals surface area contributed by atoms with Crippen molar-refractivity contribution >= 4 is 10.8 Å². The molecule has 1 nitrogen and oxygen atoms in total. The molecule has 0 atom stereocenters. The van der Waals surface area contributed by atoms with E-state index in [1.807, 2.05) is 12.1 Å². The normalized spacial score (nSPS) is 11.6. The van der Waals surface area contributed by atoms with Gasteiger partial charge in [-0.25, -0.2) is 0 Å². The van der Waals surface area contributed by atoms with Gasteiger partial charge in [0.15, 0.2) is 0 Å². The van der Waals surface area contributed by atoms with Crippen LogP contribution >= 0.6 is 0 Å². The molecule has 0 radical (unpaired) electrons. The monoisotopic (exact) mass is 276 g/mol. The SMILES string of the molecule is Cc1ccc(OC(C)(C)c2ccc3ccccc3c2)cc1. The number of fused-ring (bicyclic) bond motifs is 1. The maximum atomic E-state index is 6.19. The van der Waals surface area contributed by atoms with Crippen LogP contribution in [0.25, 0.3) is 10.8 Å². The summed E-state index contributed by atoms with van der Waals surface area (Å²) in [7, 11) is 0. The number of hydrogen-bond donors (Lipinski definition) is 0. The van der Waals surface area contributed by atoms with Gasteiger partial charge in [-0.05, 0) is 55.3 Å². The van der Waals surface area contributed by atoms with Gasteiger partial charge in [0.2, 0.25) is 0 Å². The van der Waals surface area contributed by atoms with Crippen LogP contribution in [0.5, 0.6) is 5.75 Å².